The highest BCUT2D eigenvalue weighted by Gasteiger charge is 2.29. The summed E-state index contributed by atoms with van der Waals surface area (Å²) in [5.41, 5.74) is 0. The molecular weight excluding hydrogens is 794 g/mol. The van der Waals surface area contributed by atoms with Crippen LogP contribution in [-0.4, -0.2) is 126 Å². The number of hydrogen-bond acceptors (Lipinski definition) is 14. The molecule has 0 bridgehead atoms. The van der Waals surface area contributed by atoms with Gasteiger partial charge in [-0.15, -0.1) is 0 Å². The van der Waals surface area contributed by atoms with E-state index < -0.39 is 79.4 Å². The first kappa shape index (κ1) is 53.8. The second-order valence-electron chi connectivity index (χ2n) is 12.0. The van der Waals surface area contributed by atoms with Gasteiger partial charge in [0.1, 0.15) is 29.2 Å². The maximum Gasteiger partial charge on any atom is 0.335 e. The van der Waals surface area contributed by atoms with Crippen molar-refractivity contribution < 1.29 is 90.0 Å². The summed E-state index contributed by atoms with van der Waals surface area (Å²) >= 11 is 0. The fraction of sp³-hybridized carbons (Fsp3) is 0.543. The van der Waals surface area contributed by atoms with Crippen molar-refractivity contribution in [3.8, 4) is 11.5 Å². The van der Waals surface area contributed by atoms with Crippen molar-refractivity contribution >= 4 is 43.4 Å². The van der Waals surface area contributed by atoms with Gasteiger partial charge in [0.25, 0.3) is 0 Å². The number of ether oxygens (including phenoxy) is 2. The summed E-state index contributed by atoms with van der Waals surface area (Å²) in [5.74, 6) is -6.57. The summed E-state index contributed by atoms with van der Waals surface area (Å²) in [6, 6.07) is 7.12. The van der Waals surface area contributed by atoms with E-state index in [1.807, 2.05) is 0 Å². The molecule has 0 aromatic heterocycles. The highest BCUT2D eigenvalue weighted by Crippen LogP contribution is 2.21. The zero-order chi connectivity index (χ0) is 43.8. The first-order valence-electron chi connectivity index (χ1n) is 17.0. The zero-order valence-corrected chi connectivity index (χ0v) is 33.3. The smallest absolute Gasteiger partial charge is 0.335 e. The van der Waals surface area contributed by atoms with Crippen LogP contribution in [0.5, 0.6) is 11.5 Å². The molecule has 21 heteroatoms. The van der Waals surface area contributed by atoms with E-state index in [0.717, 1.165) is 82.9 Å². The van der Waals surface area contributed by atoms with E-state index in [1.165, 1.54) is 24.3 Å². The molecule has 0 spiro atoms. The van der Waals surface area contributed by atoms with Crippen molar-refractivity contribution in [3.05, 3.63) is 48.0 Å². The van der Waals surface area contributed by atoms with Gasteiger partial charge in [-0.25, -0.2) is 40.0 Å². The minimum atomic E-state index is -3.41. The molecule has 0 saturated carbocycles. The van der Waals surface area contributed by atoms with Crippen molar-refractivity contribution in [1.29, 1.82) is 0 Å². The van der Waals surface area contributed by atoms with E-state index in [0.29, 0.717) is 13.2 Å². The molecule has 7 N–H and O–H groups in total. The summed E-state index contributed by atoms with van der Waals surface area (Å²) in [5, 5.41) is 57.6. The third kappa shape index (κ3) is 24.3. The van der Waals surface area contributed by atoms with E-state index in [1.54, 1.807) is 0 Å². The van der Waals surface area contributed by atoms with E-state index in [2.05, 4.69) is 13.8 Å². The monoisotopic (exact) mass is 846 g/mol. The Morgan fingerprint density at radius 1 is 0.554 bits per heavy atom. The molecule has 2 aromatic rings. The molecule has 2 rings (SSSR count). The topological polar surface area (TPSA) is 297 Å². The lowest BCUT2D eigenvalue weighted by atomic mass is 10.1. The average Bonchev–Trinajstić information content (AvgIpc) is 3.09. The van der Waals surface area contributed by atoms with Crippen LogP contribution in [0.4, 0.5) is 8.78 Å². The Labute approximate surface area is 324 Å². The number of benzene rings is 2. The second-order valence-corrected chi connectivity index (χ2v) is 16.0. The molecule has 17 nitrogen and oxygen atoms in total. The van der Waals surface area contributed by atoms with Gasteiger partial charge in [0.2, 0.25) is 0 Å². The van der Waals surface area contributed by atoms with Gasteiger partial charge in [-0.1, -0.05) is 52.4 Å². The Morgan fingerprint density at radius 2 is 0.857 bits per heavy atom. The van der Waals surface area contributed by atoms with Gasteiger partial charge < -0.3 is 45.2 Å². The minimum Gasteiger partial charge on any atom is -0.493 e. The maximum atomic E-state index is 13.2. The number of aliphatic carboxylic acids is 3. The number of carboxylic acid groups (broad SMARTS) is 3. The summed E-state index contributed by atoms with van der Waals surface area (Å²) < 4.78 is 82.5. The quantitative estimate of drug-likeness (QED) is 0.0943. The second kappa shape index (κ2) is 27.3. The molecule has 4 atom stereocenters. The number of rotatable bonds is 20. The summed E-state index contributed by atoms with van der Waals surface area (Å²) in [7, 11) is -6.81. The first-order valence-corrected chi connectivity index (χ1v) is 20.8. The highest BCUT2D eigenvalue weighted by molar-refractivity contribution is 7.91. The third-order valence-electron chi connectivity index (χ3n) is 6.85. The highest BCUT2D eigenvalue weighted by atomic mass is 32.2. The van der Waals surface area contributed by atoms with E-state index in [-0.39, 0.29) is 21.3 Å². The predicted octanol–water partition coefficient (Wildman–Crippen LogP) is 2.64. The van der Waals surface area contributed by atoms with Gasteiger partial charge in [-0.2, -0.15) is 0 Å². The van der Waals surface area contributed by atoms with Gasteiger partial charge in [-0.05, 0) is 44.0 Å². The average molecular weight is 847 g/mol. The Bertz CT molecular complexity index is 1590. The molecule has 4 unspecified atom stereocenters. The Morgan fingerprint density at radius 3 is 1.09 bits per heavy atom. The molecule has 0 saturated heterocycles. The lowest BCUT2D eigenvalue weighted by Gasteiger charge is -2.08. The number of unbranched alkanes of at least 4 members (excludes halogenated alkanes) is 6. The molecule has 0 heterocycles. The van der Waals surface area contributed by atoms with Gasteiger partial charge in [0.15, 0.2) is 43.8 Å². The fourth-order valence-electron chi connectivity index (χ4n) is 3.73. The summed E-state index contributed by atoms with van der Waals surface area (Å²) in [6.45, 7) is 6.19. The summed E-state index contributed by atoms with van der Waals surface area (Å²) in [6.07, 6.45) is 2.18. The van der Waals surface area contributed by atoms with Crippen molar-refractivity contribution in [1.82, 2.24) is 0 Å². The molecule has 0 aliphatic rings. The molecule has 0 aliphatic heterocycles. The van der Waals surface area contributed by atoms with Gasteiger partial charge in [-0.3, -0.25) is 4.79 Å². The van der Waals surface area contributed by atoms with E-state index in [9.17, 15) is 44.8 Å². The van der Waals surface area contributed by atoms with Crippen molar-refractivity contribution in [2.24, 2.45) is 0 Å². The molecule has 0 radical (unpaired) electrons. The molecule has 56 heavy (non-hydrogen) atoms. The van der Waals surface area contributed by atoms with E-state index in [4.69, 9.17) is 45.2 Å². The molecule has 0 fully saturated rings. The summed E-state index contributed by atoms with van der Waals surface area (Å²) in [4.78, 5) is 39.5. The van der Waals surface area contributed by atoms with Crippen LogP contribution in [0.2, 0.25) is 0 Å². The van der Waals surface area contributed by atoms with Crippen molar-refractivity contribution in [3.63, 3.8) is 0 Å². The first-order chi connectivity index (χ1) is 25.8. The van der Waals surface area contributed by atoms with Crippen molar-refractivity contribution in [2.75, 3.05) is 25.7 Å². The predicted molar refractivity (Wildman–Crippen MR) is 196 cm³/mol. The van der Waals surface area contributed by atoms with Crippen LogP contribution in [0.3, 0.4) is 0 Å². The normalized spacial score (nSPS) is 13.1. The minimum absolute atomic E-state index is 0.0499. The number of carbonyl (C=O) groups is 4. The Kier molecular flexibility index (Phi) is 26.3. The number of ketones is 1. The van der Waals surface area contributed by atoms with Crippen LogP contribution in [0, 0.1) is 11.6 Å². The zero-order valence-electron chi connectivity index (χ0n) is 31.6. The fourth-order valence-corrected chi connectivity index (χ4v) is 5.05. The molecule has 0 aliphatic carbocycles. The number of aliphatic hydroxyl groups excluding tert-OH is 4. The van der Waals surface area contributed by atoms with E-state index >= 15 is 0 Å². The van der Waals surface area contributed by atoms with Crippen LogP contribution in [-0.2, 0) is 38.9 Å². The van der Waals surface area contributed by atoms with Gasteiger partial charge in [0, 0.05) is 24.6 Å². The largest absolute Gasteiger partial charge is 0.493 e. The standard InChI is InChI=1S/2C13H19FO3S.C5H8O5.C4H6O6/c2*1-3-4-5-6-7-17-12-8-11(14)9-13(10-12)18(2,15)16;1-2(6)3(7)4(8)5(9)10;5-1(3(7)8)2(6)4(9)10/h2*8-10H,3-7H2,1-2H3;3-4,7-8H,1H3,(H,9,10);1-2,5-6H,(H,7,8)(H,9,10). The number of carbonyl (C=O) groups excluding carboxylic acids is 1. The molecule has 0 amide bonds. The lowest BCUT2D eigenvalue weighted by Crippen LogP contribution is -2.39. The maximum absolute atomic E-state index is 13.2. The lowest BCUT2D eigenvalue weighted by molar-refractivity contribution is -0.165. The Balaban J connectivity index is 0. The van der Waals surface area contributed by atoms with Crippen molar-refractivity contribution in [2.45, 2.75) is 106 Å². The van der Waals surface area contributed by atoms with Crippen LogP contribution >= 0.6 is 0 Å². The molecule has 320 valence electrons. The number of aliphatic hydroxyl groups is 4. The third-order valence-corrected chi connectivity index (χ3v) is 9.04. The Hall–Kier alpha value is -4.28. The number of hydrogen-bond donors (Lipinski definition) is 7. The number of sulfone groups is 2. The number of carboxylic acids is 3. The SMILES string of the molecule is CC(=O)C(O)C(O)C(=O)O.CCCCCCOc1cc(F)cc(S(C)(=O)=O)c1.CCCCCCOc1cc(F)cc(S(C)(=O)=O)c1.O=C(O)C(O)C(O)C(=O)O. The van der Waals surface area contributed by atoms with Crippen LogP contribution in [0.15, 0.2) is 46.2 Å². The number of Topliss-reactive ketones (excluding diaryl/α,β-unsaturated/α-hetero) is 1. The van der Waals surface area contributed by atoms with Crippen LogP contribution in [0.25, 0.3) is 0 Å². The van der Waals surface area contributed by atoms with Gasteiger partial charge >= 0.3 is 17.9 Å². The van der Waals surface area contributed by atoms with Crippen LogP contribution in [0.1, 0.15) is 72.1 Å². The molecular formula is C35H52F2O17S2. The van der Waals surface area contributed by atoms with Gasteiger partial charge in [0.05, 0.1) is 23.0 Å². The molecule has 2 aromatic carbocycles. The number of halogens is 2. The van der Waals surface area contributed by atoms with Crippen LogP contribution < -0.4 is 9.47 Å².